The highest BCUT2D eigenvalue weighted by Gasteiger charge is 2.28. The monoisotopic (exact) mass is 324 g/mol. The summed E-state index contributed by atoms with van der Waals surface area (Å²) in [7, 11) is -2.55. The van der Waals surface area contributed by atoms with Crippen LogP contribution >= 0.6 is 0 Å². The topological polar surface area (TPSA) is 74.7 Å². The van der Waals surface area contributed by atoms with E-state index in [1.807, 2.05) is 0 Å². The summed E-state index contributed by atoms with van der Waals surface area (Å²) in [6, 6.07) is 4.77. The van der Waals surface area contributed by atoms with Gasteiger partial charge in [0.2, 0.25) is 5.96 Å². The summed E-state index contributed by atoms with van der Waals surface area (Å²) in [4.78, 5) is 4.96. The third-order valence-electron chi connectivity index (χ3n) is 3.10. The van der Waals surface area contributed by atoms with Crippen molar-refractivity contribution in [2.75, 3.05) is 17.3 Å². The van der Waals surface area contributed by atoms with Gasteiger partial charge in [-0.1, -0.05) is 0 Å². The summed E-state index contributed by atoms with van der Waals surface area (Å²) in [5.74, 6) is -2.43. The van der Waals surface area contributed by atoms with Crippen molar-refractivity contribution in [3.8, 4) is 0 Å². The molecule has 0 saturated heterocycles. The first-order valence-corrected chi connectivity index (χ1v) is 7.57. The van der Waals surface area contributed by atoms with Crippen LogP contribution < -0.4 is 10.2 Å². The van der Waals surface area contributed by atoms with Crippen molar-refractivity contribution in [1.29, 1.82) is 0 Å². The van der Waals surface area contributed by atoms with Gasteiger partial charge in [-0.15, -0.1) is 4.40 Å². The number of hydrogen-bond donors (Lipinski definition) is 1. The molecule has 0 fully saturated rings. The standard InChI is InChI=1S/C13H10F2N4O2S/c1-19(8-3-2-4-16-7-8)13-17-11-5-9(14)10(15)6-12(11)22(20,21)18-13/h2-7H,1H3,(H,17,18). The number of pyridine rings is 1. The van der Waals surface area contributed by atoms with Gasteiger partial charge in [-0.2, -0.15) is 8.42 Å². The maximum atomic E-state index is 13.3. The molecule has 22 heavy (non-hydrogen) atoms. The van der Waals surface area contributed by atoms with Gasteiger partial charge in [-0.3, -0.25) is 4.98 Å². The molecule has 0 aliphatic carbocycles. The van der Waals surface area contributed by atoms with E-state index in [1.54, 1.807) is 25.4 Å². The summed E-state index contributed by atoms with van der Waals surface area (Å²) in [6.45, 7) is 0. The highest BCUT2D eigenvalue weighted by atomic mass is 32.2. The van der Waals surface area contributed by atoms with E-state index in [9.17, 15) is 17.2 Å². The molecule has 2 heterocycles. The van der Waals surface area contributed by atoms with E-state index in [2.05, 4.69) is 14.7 Å². The van der Waals surface area contributed by atoms with Crippen molar-refractivity contribution >= 4 is 27.4 Å². The van der Waals surface area contributed by atoms with Gasteiger partial charge in [0.05, 0.1) is 17.6 Å². The Bertz CT molecular complexity index is 869. The number of nitrogens with one attached hydrogen (secondary N) is 1. The van der Waals surface area contributed by atoms with Crippen LogP contribution in [0.1, 0.15) is 0 Å². The van der Waals surface area contributed by atoms with Gasteiger partial charge < -0.3 is 10.2 Å². The highest BCUT2D eigenvalue weighted by Crippen LogP contribution is 2.30. The number of guanidine groups is 1. The number of rotatable bonds is 1. The predicted octanol–water partition coefficient (Wildman–Crippen LogP) is 1.97. The van der Waals surface area contributed by atoms with Crippen LogP contribution in [0.15, 0.2) is 46.0 Å². The second-order valence-corrected chi connectivity index (χ2v) is 6.12. The fourth-order valence-electron chi connectivity index (χ4n) is 1.97. The number of fused-ring (bicyclic) bond motifs is 1. The molecular formula is C13H10F2N4O2S. The van der Waals surface area contributed by atoms with Crippen LogP contribution in [0.3, 0.4) is 0 Å². The number of hydrogen-bond acceptors (Lipinski definition) is 5. The molecule has 1 aromatic heterocycles. The Hall–Kier alpha value is -2.55. The van der Waals surface area contributed by atoms with E-state index in [0.29, 0.717) is 11.8 Å². The third kappa shape index (κ3) is 2.39. The number of anilines is 2. The van der Waals surface area contributed by atoms with Crippen LogP contribution in [0.2, 0.25) is 0 Å². The predicted molar refractivity (Wildman–Crippen MR) is 77.2 cm³/mol. The van der Waals surface area contributed by atoms with Gasteiger partial charge >= 0.3 is 0 Å². The molecule has 0 bridgehead atoms. The molecule has 1 aliphatic rings. The number of aromatic nitrogens is 1. The van der Waals surface area contributed by atoms with Gasteiger partial charge in [-0.25, -0.2) is 8.78 Å². The van der Waals surface area contributed by atoms with Crippen molar-refractivity contribution in [1.82, 2.24) is 4.98 Å². The molecule has 1 N–H and O–H groups in total. The first-order valence-electron chi connectivity index (χ1n) is 6.13. The molecule has 3 rings (SSSR count). The molecule has 1 aliphatic heterocycles. The first-order chi connectivity index (χ1) is 10.4. The third-order valence-corrected chi connectivity index (χ3v) is 4.41. The minimum Gasteiger partial charge on any atom is -0.324 e. The van der Waals surface area contributed by atoms with Gasteiger partial charge in [0.15, 0.2) is 11.6 Å². The largest absolute Gasteiger partial charge is 0.324 e. The lowest BCUT2D eigenvalue weighted by atomic mass is 10.3. The Kier molecular flexibility index (Phi) is 3.28. The Labute approximate surface area is 125 Å². The highest BCUT2D eigenvalue weighted by molar-refractivity contribution is 7.90. The Balaban J connectivity index is 2.07. The smallest absolute Gasteiger partial charge is 0.287 e. The van der Waals surface area contributed by atoms with Crippen molar-refractivity contribution in [3.63, 3.8) is 0 Å². The van der Waals surface area contributed by atoms with E-state index in [0.717, 1.165) is 6.07 Å². The second kappa shape index (κ2) is 5.02. The minimum absolute atomic E-state index is 0.0356. The van der Waals surface area contributed by atoms with Crippen molar-refractivity contribution in [3.05, 3.63) is 48.3 Å². The van der Waals surface area contributed by atoms with E-state index in [1.165, 1.54) is 11.1 Å². The van der Waals surface area contributed by atoms with E-state index >= 15 is 0 Å². The van der Waals surface area contributed by atoms with Crippen LogP contribution in [0, 0.1) is 11.6 Å². The Morgan fingerprint density at radius 1 is 1.23 bits per heavy atom. The average molecular weight is 324 g/mol. The van der Waals surface area contributed by atoms with Crippen LogP contribution in [0.25, 0.3) is 0 Å². The zero-order chi connectivity index (χ0) is 15.9. The Morgan fingerprint density at radius 2 is 1.95 bits per heavy atom. The second-order valence-electron chi connectivity index (χ2n) is 4.55. The van der Waals surface area contributed by atoms with Gasteiger partial charge in [0.1, 0.15) is 4.90 Å². The Morgan fingerprint density at radius 3 is 2.64 bits per heavy atom. The van der Waals surface area contributed by atoms with Crippen LogP contribution in [0.4, 0.5) is 20.2 Å². The lowest BCUT2D eigenvalue weighted by Crippen LogP contribution is -2.36. The molecule has 1 aromatic carbocycles. The molecule has 9 heteroatoms. The summed E-state index contributed by atoms with van der Waals surface area (Å²) in [5, 5.41) is 2.68. The van der Waals surface area contributed by atoms with E-state index < -0.39 is 26.6 Å². The van der Waals surface area contributed by atoms with Gasteiger partial charge in [0.25, 0.3) is 10.0 Å². The van der Waals surface area contributed by atoms with E-state index in [4.69, 9.17) is 0 Å². The van der Waals surface area contributed by atoms with Crippen LogP contribution in [-0.2, 0) is 10.0 Å². The van der Waals surface area contributed by atoms with Crippen LogP contribution in [0.5, 0.6) is 0 Å². The molecule has 0 atom stereocenters. The summed E-state index contributed by atoms with van der Waals surface area (Å²) < 4.78 is 54.4. The molecule has 0 saturated carbocycles. The van der Waals surface area contributed by atoms with Gasteiger partial charge in [-0.05, 0) is 18.2 Å². The lowest BCUT2D eigenvalue weighted by Gasteiger charge is -2.25. The number of nitrogens with zero attached hydrogens (tertiary/aromatic N) is 3. The number of sulfonamides is 1. The van der Waals surface area contributed by atoms with Crippen LogP contribution in [-0.4, -0.2) is 26.4 Å². The number of halogens is 2. The fourth-order valence-corrected chi connectivity index (χ4v) is 3.10. The number of benzene rings is 1. The van der Waals surface area contributed by atoms with Crippen molar-refractivity contribution < 1.29 is 17.2 Å². The zero-order valence-electron chi connectivity index (χ0n) is 11.3. The molecule has 114 valence electrons. The van der Waals surface area contributed by atoms with Crippen molar-refractivity contribution in [2.45, 2.75) is 4.90 Å². The van der Waals surface area contributed by atoms with Gasteiger partial charge in [0, 0.05) is 19.3 Å². The molecular weight excluding hydrogens is 314 g/mol. The van der Waals surface area contributed by atoms with Crippen molar-refractivity contribution in [2.24, 2.45) is 4.40 Å². The maximum absolute atomic E-state index is 13.3. The summed E-state index contributed by atoms with van der Waals surface area (Å²) >= 11 is 0. The first kappa shape index (κ1) is 14.4. The zero-order valence-corrected chi connectivity index (χ0v) is 12.1. The SMILES string of the molecule is CN(C1=NS(=O)(=O)c2cc(F)c(F)cc2N1)c1cccnc1. The molecule has 6 nitrogen and oxygen atoms in total. The molecule has 0 spiro atoms. The lowest BCUT2D eigenvalue weighted by molar-refractivity contribution is 0.505. The summed E-state index contributed by atoms with van der Waals surface area (Å²) in [6.07, 6.45) is 3.08. The molecule has 0 amide bonds. The quantitative estimate of drug-likeness (QED) is 0.868. The molecule has 2 aromatic rings. The van der Waals surface area contributed by atoms with E-state index in [-0.39, 0.29) is 11.6 Å². The molecule has 0 unspecified atom stereocenters. The molecule has 0 radical (unpaired) electrons. The average Bonchev–Trinajstić information content (AvgIpc) is 2.49. The maximum Gasteiger partial charge on any atom is 0.287 e. The minimum atomic E-state index is -4.13. The fraction of sp³-hybridized carbons (Fsp3) is 0.0769. The normalized spacial score (nSPS) is 15.5. The summed E-state index contributed by atoms with van der Waals surface area (Å²) in [5.41, 5.74) is 0.509.